The van der Waals surface area contributed by atoms with Crippen LogP contribution in [0.25, 0.3) is 10.8 Å². The molecule has 0 amide bonds. The predicted octanol–water partition coefficient (Wildman–Crippen LogP) is 0.969. The largest absolute Gasteiger partial charge is 0.496 e. The van der Waals surface area contributed by atoms with Crippen molar-refractivity contribution in [1.29, 1.82) is 0 Å². The zero-order valence-corrected chi connectivity index (χ0v) is 12.6. The van der Waals surface area contributed by atoms with Crippen molar-refractivity contribution in [2.45, 2.75) is 6.54 Å². The quantitative estimate of drug-likeness (QED) is 0.373. The molecule has 0 heterocycles. The van der Waals surface area contributed by atoms with Crippen LogP contribution in [0, 0.1) is 0 Å². The van der Waals surface area contributed by atoms with Crippen molar-refractivity contribution < 1.29 is 22.3 Å². The molecule has 0 fully saturated rings. The second-order valence-corrected chi connectivity index (χ2v) is 5.06. The van der Waals surface area contributed by atoms with Crippen molar-refractivity contribution in [3.05, 3.63) is 42.0 Å². The summed E-state index contributed by atoms with van der Waals surface area (Å²) in [5, 5.41) is 2.18. The molecular formula is C13H17N3O5S. The molecule has 0 aliphatic rings. The average molecular weight is 327 g/mol. The van der Waals surface area contributed by atoms with Crippen molar-refractivity contribution in [1.82, 2.24) is 0 Å². The first kappa shape index (κ1) is 17.7. The highest BCUT2D eigenvalue weighted by atomic mass is 32.3. The molecule has 0 saturated heterocycles. The van der Waals surface area contributed by atoms with E-state index in [2.05, 4.69) is 4.99 Å². The molecule has 2 rings (SSSR count). The SMILES string of the molecule is COc1ccc(CN=C(N)N)c2ccccc12.O=S(=O)(O)O. The van der Waals surface area contributed by atoms with E-state index in [1.54, 1.807) is 7.11 Å². The van der Waals surface area contributed by atoms with Gasteiger partial charge in [-0.15, -0.1) is 0 Å². The fourth-order valence-corrected chi connectivity index (χ4v) is 1.83. The Hall–Kier alpha value is -2.36. The van der Waals surface area contributed by atoms with Crippen LogP contribution in [0.3, 0.4) is 0 Å². The number of guanidine groups is 1. The van der Waals surface area contributed by atoms with Crippen LogP contribution in [0.1, 0.15) is 5.56 Å². The number of benzene rings is 2. The van der Waals surface area contributed by atoms with Gasteiger partial charge in [0.2, 0.25) is 0 Å². The van der Waals surface area contributed by atoms with E-state index in [0.717, 1.165) is 22.1 Å². The molecule has 0 unspecified atom stereocenters. The molecule has 0 aromatic heterocycles. The normalized spacial score (nSPS) is 10.5. The maximum absolute atomic E-state index is 8.74. The lowest BCUT2D eigenvalue weighted by Crippen LogP contribution is -2.22. The summed E-state index contributed by atoms with van der Waals surface area (Å²) in [7, 11) is -3.00. The topological polar surface area (TPSA) is 148 Å². The summed E-state index contributed by atoms with van der Waals surface area (Å²) < 4.78 is 36.9. The van der Waals surface area contributed by atoms with Gasteiger partial charge in [-0.25, -0.2) is 4.99 Å². The number of ether oxygens (including phenoxy) is 1. The summed E-state index contributed by atoms with van der Waals surface area (Å²) in [5.41, 5.74) is 11.8. The summed E-state index contributed by atoms with van der Waals surface area (Å²) >= 11 is 0. The third-order valence-corrected chi connectivity index (χ3v) is 2.63. The van der Waals surface area contributed by atoms with Crippen LogP contribution in [0.4, 0.5) is 0 Å². The summed E-state index contributed by atoms with van der Waals surface area (Å²) in [6, 6.07) is 11.9. The van der Waals surface area contributed by atoms with E-state index in [9.17, 15) is 0 Å². The standard InChI is InChI=1S/C13H15N3O.H2O4S/c1-17-12-7-6-9(8-16-13(14)15)10-4-2-3-5-11(10)12;1-5(2,3)4/h2-7H,8H2,1H3,(H4,14,15,16);(H2,1,2,3,4). The molecule has 8 nitrogen and oxygen atoms in total. The lowest BCUT2D eigenvalue weighted by molar-refractivity contribution is 0.381. The number of nitrogens with zero attached hydrogens (tertiary/aromatic N) is 1. The lowest BCUT2D eigenvalue weighted by Gasteiger charge is -2.08. The Bertz CT molecular complexity index is 762. The first-order valence-corrected chi connectivity index (χ1v) is 7.42. The van der Waals surface area contributed by atoms with Gasteiger partial charge in [0.05, 0.1) is 13.7 Å². The average Bonchev–Trinajstić information content (AvgIpc) is 2.42. The van der Waals surface area contributed by atoms with E-state index in [1.807, 2.05) is 36.4 Å². The van der Waals surface area contributed by atoms with Gasteiger partial charge in [-0.05, 0) is 17.0 Å². The predicted molar refractivity (Wildman–Crippen MR) is 84.2 cm³/mol. The monoisotopic (exact) mass is 327 g/mol. The van der Waals surface area contributed by atoms with Crippen molar-refractivity contribution >= 4 is 27.1 Å². The third kappa shape index (κ3) is 5.95. The van der Waals surface area contributed by atoms with Gasteiger partial charge in [0.25, 0.3) is 0 Å². The summed E-state index contributed by atoms with van der Waals surface area (Å²) in [4.78, 5) is 4.03. The van der Waals surface area contributed by atoms with Gasteiger partial charge in [-0.1, -0.05) is 30.3 Å². The molecule has 22 heavy (non-hydrogen) atoms. The molecule has 0 radical (unpaired) electrons. The van der Waals surface area contributed by atoms with Crippen molar-refractivity contribution in [3.8, 4) is 5.75 Å². The lowest BCUT2D eigenvalue weighted by atomic mass is 10.0. The number of fused-ring (bicyclic) bond motifs is 1. The highest BCUT2D eigenvalue weighted by molar-refractivity contribution is 7.79. The van der Waals surface area contributed by atoms with Gasteiger partial charge in [0.15, 0.2) is 5.96 Å². The zero-order valence-electron chi connectivity index (χ0n) is 11.8. The summed E-state index contributed by atoms with van der Waals surface area (Å²) in [5.74, 6) is 0.957. The molecule has 0 spiro atoms. The number of methoxy groups -OCH3 is 1. The Morgan fingerprint density at radius 3 is 2.18 bits per heavy atom. The van der Waals surface area contributed by atoms with Gasteiger partial charge in [0, 0.05) is 5.39 Å². The Labute approximate surface area is 128 Å². The van der Waals surface area contributed by atoms with Crippen LogP contribution < -0.4 is 16.2 Å². The van der Waals surface area contributed by atoms with Crippen molar-refractivity contribution in [2.24, 2.45) is 16.5 Å². The summed E-state index contributed by atoms with van der Waals surface area (Å²) in [6.07, 6.45) is 0. The molecule has 2 aromatic carbocycles. The Morgan fingerprint density at radius 2 is 1.68 bits per heavy atom. The van der Waals surface area contributed by atoms with Crippen molar-refractivity contribution in [2.75, 3.05) is 7.11 Å². The van der Waals surface area contributed by atoms with Crippen LogP contribution in [0.15, 0.2) is 41.4 Å². The van der Waals surface area contributed by atoms with Crippen LogP contribution in [-0.4, -0.2) is 30.6 Å². The van der Waals surface area contributed by atoms with Gasteiger partial charge in [0.1, 0.15) is 5.75 Å². The van der Waals surface area contributed by atoms with Gasteiger partial charge >= 0.3 is 10.4 Å². The van der Waals surface area contributed by atoms with E-state index in [-0.39, 0.29) is 5.96 Å². The minimum Gasteiger partial charge on any atom is -0.496 e. The maximum atomic E-state index is 8.74. The molecule has 0 saturated carbocycles. The Morgan fingerprint density at radius 1 is 1.14 bits per heavy atom. The number of rotatable bonds is 3. The van der Waals surface area contributed by atoms with E-state index < -0.39 is 10.4 Å². The van der Waals surface area contributed by atoms with Gasteiger partial charge < -0.3 is 16.2 Å². The second-order valence-electron chi connectivity index (χ2n) is 4.16. The molecule has 6 N–H and O–H groups in total. The molecule has 0 aliphatic carbocycles. The summed E-state index contributed by atoms with van der Waals surface area (Å²) in [6.45, 7) is 0.479. The fraction of sp³-hybridized carbons (Fsp3) is 0.154. The first-order chi connectivity index (χ1) is 10.2. The van der Waals surface area contributed by atoms with Crippen molar-refractivity contribution in [3.63, 3.8) is 0 Å². The molecule has 9 heteroatoms. The van der Waals surface area contributed by atoms with E-state index in [1.165, 1.54) is 0 Å². The van der Waals surface area contributed by atoms with Crippen LogP contribution in [0.5, 0.6) is 5.75 Å². The van der Waals surface area contributed by atoms with Crippen LogP contribution in [-0.2, 0) is 16.9 Å². The van der Waals surface area contributed by atoms with Gasteiger partial charge in [-0.2, -0.15) is 8.42 Å². The molecule has 2 aromatic rings. The molecular weight excluding hydrogens is 310 g/mol. The smallest absolute Gasteiger partial charge is 0.394 e. The van der Waals surface area contributed by atoms with E-state index >= 15 is 0 Å². The fourth-order valence-electron chi connectivity index (χ4n) is 1.83. The van der Waals surface area contributed by atoms with E-state index in [0.29, 0.717) is 6.54 Å². The Kier molecular flexibility index (Phi) is 6.11. The van der Waals surface area contributed by atoms with Crippen LogP contribution >= 0.6 is 0 Å². The number of hydrogen-bond acceptors (Lipinski definition) is 4. The van der Waals surface area contributed by atoms with Gasteiger partial charge in [-0.3, -0.25) is 9.11 Å². The third-order valence-electron chi connectivity index (χ3n) is 2.63. The highest BCUT2D eigenvalue weighted by Gasteiger charge is 2.05. The number of aliphatic imine (C=N–C) groups is 1. The van der Waals surface area contributed by atoms with E-state index in [4.69, 9.17) is 33.7 Å². The number of hydrogen-bond donors (Lipinski definition) is 4. The zero-order chi connectivity index (χ0) is 16.8. The highest BCUT2D eigenvalue weighted by Crippen LogP contribution is 2.28. The van der Waals surface area contributed by atoms with Crippen LogP contribution in [0.2, 0.25) is 0 Å². The molecule has 0 aliphatic heterocycles. The molecule has 120 valence electrons. The minimum atomic E-state index is -4.67. The maximum Gasteiger partial charge on any atom is 0.394 e. The first-order valence-electron chi connectivity index (χ1n) is 6.02. The second kappa shape index (κ2) is 7.59. The molecule has 0 atom stereocenters. The Balaban J connectivity index is 0.000000422. The number of nitrogens with two attached hydrogens (primary N) is 2. The minimum absolute atomic E-state index is 0.102. The molecule has 0 bridgehead atoms.